The highest BCUT2D eigenvalue weighted by Crippen LogP contribution is 2.40. The summed E-state index contributed by atoms with van der Waals surface area (Å²) in [7, 11) is 0. The first-order valence-electron chi connectivity index (χ1n) is 4.35. The van der Waals surface area contributed by atoms with Crippen LogP contribution in [-0.2, 0) is 14.3 Å². The van der Waals surface area contributed by atoms with Crippen LogP contribution in [0.25, 0.3) is 0 Å². The van der Waals surface area contributed by atoms with Crippen molar-refractivity contribution in [2.75, 3.05) is 6.61 Å². The van der Waals surface area contributed by atoms with Gasteiger partial charge in [-0.05, 0) is 6.92 Å². The van der Waals surface area contributed by atoms with E-state index in [0.29, 0.717) is 12.0 Å². The standard InChI is InChI=1S/C9H11Cl3O3/c1-5(2)8(13)14-4-6-3-7(15-6)9(10,11)12/h6-7H,1,3-4H2,2H3. The van der Waals surface area contributed by atoms with Gasteiger partial charge in [-0.3, -0.25) is 0 Å². The molecule has 3 nitrogen and oxygen atoms in total. The third-order valence-electron chi connectivity index (χ3n) is 1.95. The van der Waals surface area contributed by atoms with Crippen molar-refractivity contribution in [3.8, 4) is 0 Å². The van der Waals surface area contributed by atoms with Gasteiger partial charge >= 0.3 is 5.97 Å². The van der Waals surface area contributed by atoms with Gasteiger partial charge in [0.1, 0.15) is 12.7 Å². The molecule has 0 N–H and O–H groups in total. The van der Waals surface area contributed by atoms with Gasteiger partial charge in [0, 0.05) is 12.0 Å². The summed E-state index contributed by atoms with van der Waals surface area (Å²) in [5.74, 6) is -0.434. The highest BCUT2D eigenvalue weighted by atomic mass is 35.6. The zero-order valence-corrected chi connectivity index (χ0v) is 10.4. The van der Waals surface area contributed by atoms with E-state index < -0.39 is 15.9 Å². The van der Waals surface area contributed by atoms with Crippen LogP contribution in [0, 0.1) is 0 Å². The fourth-order valence-corrected chi connectivity index (χ4v) is 1.49. The first-order chi connectivity index (χ1) is 6.80. The van der Waals surface area contributed by atoms with E-state index in [1.54, 1.807) is 6.92 Å². The van der Waals surface area contributed by atoms with Gasteiger partial charge in [-0.2, -0.15) is 0 Å². The molecule has 0 bridgehead atoms. The Labute approximate surface area is 103 Å². The summed E-state index contributed by atoms with van der Waals surface area (Å²) in [4.78, 5) is 11.0. The van der Waals surface area contributed by atoms with Gasteiger partial charge in [-0.25, -0.2) is 4.79 Å². The fourth-order valence-electron chi connectivity index (χ4n) is 1.07. The fraction of sp³-hybridized carbons (Fsp3) is 0.667. The second-order valence-electron chi connectivity index (χ2n) is 3.40. The van der Waals surface area contributed by atoms with Crippen molar-refractivity contribution in [3.63, 3.8) is 0 Å². The third kappa shape index (κ3) is 3.83. The molecule has 0 radical (unpaired) electrons. The Kier molecular flexibility index (Phi) is 4.29. The normalized spacial score (nSPS) is 25.6. The van der Waals surface area contributed by atoms with Gasteiger partial charge in [-0.15, -0.1) is 0 Å². The lowest BCUT2D eigenvalue weighted by atomic mass is 10.1. The van der Waals surface area contributed by atoms with Crippen LogP contribution in [0.2, 0.25) is 0 Å². The molecule has 1 aliphatic heterocycles. The number of ether oxygens (including phenoxy) is 2. The molecular formula is C9H11Cl3O3. The SMILES string of the molecule is C=C(C)C(=O)OCC1CC(C(Cl)(Cl)Cl)O1. The van der Waals surface area contributed by atoms with E-state index in [0.717, 1.165) is 0 Å². The molecule has 0 saturated carbocycles. The van der Waals surface area contributed by atoms with Crippen LogP contribution in [0.5, 0.6) is 0 Å². The first kappa shape index (κ1) is 13.1. The molecule has 1 rings (SSSR count). The monoisotopic (exact) mass is 272 g/mol. The van der Waals surface area contributed by atoms with Crippen LogP contribution in [0.15, 0.2) is 12.2 Å². The van der Waals surface area contributed by atoms with Crippen molar-refractivity contribution in [2.45, 2.75) is 29.3 Å². The van der Waals surface area contributed by atoms with E-state index in [4.69, 9.17) is 44.3 Å². The first-order valence-corrected chi connectivity index (χ1v) is 5.49. The molecule has 0 aromatic rings. The molecule has 2 atom stereocenters. The van der Waals surface area contributed by atoms with E-state index in [-0.39, 0.29) is 12.7 Å². The van der Waals surface area contributed by atoms with Gasteiger partial charge in [0.25, 0.3) is 0 Å². The molecule has 0 aliphatic carbocycles. The van der Waals surface area contributed by atoms with Crippen LogP contribution < -0.4 is 0 Å². The molecule has 0 aromatic carbocycles. The molecule has 0 spiro atoms. The topological polar surface area (TPSA) is 35.5 Å². The Balaban J connectivity index is 2.19. The summed E-state index contributed by atoms with van der Waals surface area (Å²) in [6.07, 6.45) is -0.0371. The molecule has 2 unspecified atom stereocenters. The molecule has 86 valence electrons. The number of hydrogen-bond donors (Lipinski definition) is 0. The van der Waals surface area contributed by atoms with Crippen LogP contribution in [0.1, 0.15) is 13.3 Å². The van der Waals surface area contributed by atoms with Crippen molar-refractivity contribution < 1.29 is 14.3 Å². The summed E-state index contributed by atoms with van der Waals surface area (Å²) in [5, 5.41) is 0. The molecule has 1 heterocycles. The second-order valence-corrected chi connectivity index (χ2v) is 5.77. The molecule has 1 saturated heterocycles. The molecule has 6 heteroatoms. The maximum atomic E-state index is 11.0. The molecule has 15 heavy (non-hydrogen) atoms. The molecule has 0 amide bonds. The van der Waals surface area contributed by atoms with Crippen LogP contribution in [0.4, 0.5) is 0 Å². The molecule has 0 aromatic heterocycles. The summed E-state index contributed by atoms with van der Waals surface area (Å²) in [6, 6.07) is 0. The number of rotatable bonds is 3. The van der Waals surface area contributed by atoms with Gasteiger partial charge in [0.15, 0.2) is 0 Å². The lowest BCUT2D eigenvalue weighted by Crippen LogP contribution is -2.47. The highest BCUT2D eigenvalue weighted by molar-refractivity contribution is 6.68. The maximum absolute atomic E-state index is 11.0. The summed E-state index contributed by atoms with van der Waals surface area (Å²) >= 11 is 16.8. The third-order valence-corrected chi connectivity index (χ3v) is 2.68. The van der Waals surface area contributed by atoms with E-state index >= 15 is 0 Å². The lowest BCUT2D eigenvalue weighted by molar-refractivity contribution is -0.165. The smallest absolute Gasteiger partial charge is 0.333 e. The minimum absolute atomic E-state index is 0.170. The zero-order valence-electron chi connectivity index (χ0n) is 8.13. The number of esters is 1. The number of carbonyl (C=O) groups is 1. The summed E-state index contributed by atoms with van der Waals surface area (Å²) in [5.41, 5.74) is 0.354. The Bertz CT molecular complexity index is 266. The molecule has 1 aliphatic rings. The van der Waals surface area contributed by atoms with Crippen LogP contribution >= 0.6 is 34.8 Å². The largest absolute Gasteiger partial charge is 0.460 e. The minimum atomic E-state index is -1.41. The second kappa shape index (κ2) is 4.91. The van der Waals surface area contributed by atoms with E-state index in [2.05, 4.69) is 6.58 Å². The number of hydrogen-bond acceptors (Lipinski definition) is 3. The highest BCUT2D eigenvalue weighted by Gasteiger charge is 2.44. The summed E-state index contributed by atoms with van der Waals surface area (Å²) in [6.45, 7) is 5.20. The van der Waals surface area contributed by atoms with E-state index in [1.807, 2.05) is 0 Å². The Morgan fingerprint density at radius 3 is 2.53 bits per heavy atom. The average molecular weight is 274 g/mol. The van der Waals surface area contributed by atoms with Crippen molar-refractivity contribution in [3.05, 3.63) is 12.2 Å². The quantitative estimate of drug-likeness (QED) is 0.450. The predicted molar refractivity (Wildman–Crippen MR) is 59.3 cm³/mol. The van der Waals surface area contributed by atoms with E-state index in [1.165, 1.54) is 0 Å². The van der Waals surface area contributed by atoms with Gasteiger partial charge in [0.2, 0.25) is 3.79 Å². The van der Waals surface area contributed by atoms with E-state index in [9.17, 15) is 4.79 Å². The van der Waals surface area contributed by atoms with Crippen molar-refractivity contribution in [1.82, 2.24) is 0 Å². The Morgan fingerprint density at radius 1 is 1.60 bits per heavy atom. The zero-order chi connectivity index (χ0) is 11.6. The Morgan fingerprint density at radius 2 is 2.13 bits per heavy atom. The predicted octanol–water partition coefficient (Wildman–Crippen LogP) is 2.63. The molecule has 1 fully saturated rings. The number of halogens is 3. The van der Waals surface area contributed by atoms with Gasteiger partial charge in [-0.1, -0.05) is 41.4 Å². The van der Waals surface area contributed by atoms with Gasteiger partial charge < -0.3 is 9.47 Å². The average Bonchev–Trinajstić information content (AvgIpc) is 1.97. The van der Waals surface area contributed by atoms with Crippen molar-refractivity contribution in [1.29, 1.82) is 0 Å². The van der Waals surface area contributed by atoms with Crippen LogP contribution in [0.3, 0.4) is 0 Å². The minimum Gasteiger partial charge on any atom is -0.460 e. The van der Waals surface area contributed by atoms with Crippen molar-refractivity contribution >= 4 is 40.8 Å². The molecular weight excluding hydrogens is 262 g/mol. The maximum Gasteiger partial charge on any atom is 0.333 e. The van der Waals surface area contributed by atoms with Gasteiger partial charge in [0.05, 0.1) is 6.10 Å². The summed E-state index contributed by atoms with van der Waals surface area (Å²) < 4.78 is 8.70. The Hall–Kier alpha value is 0.0400. The number of carbonyl (C=O) groups excluding carboxylic acids is 1. The lowest BCUT2D eigenvalue weighted by Gasteiger charge is -2.39. The van der Waals surface area contributed by atoms with Crippen LogP contribution in [-0.4, -0.2) is 28.6 Å². The van der Waals surface area contributed by atoms with Crippen molar-refractivity contribution in [2.24, 2.45) is 0 Å². The number of alkyl halides is 3.